The zero-order valence-corrected chi connectivity index (χ0v) is 25.2. The van der Waals surface area contributed by atoms with Crippen molar-refractivity contribution in [2.24, 2.45) is 7.05 Å². The molecule has 3 heterocycles. The summed E-state index contributed by atoms with van der Waals surface area (Å²) in [6.07, 6.45) is 6.10. The van der Waals surface area contributed by atoms with Crippen LogP contribution in [0, 0.1) is 0 Å². The molecule has 0 saturated carbocycles. The Hall–Kier alpha value is -3.88. The van der Waals surface area contributed by atoms with Gasteiger partial charge in [0, 0.05) is 73.1 Å². The molecule has 2 N–H and O–H groups in total. The summed E-state index contributed by atoms with van der Waals surface area (Å²) in [6, 6.07) is 19.2. The molecule has 0 atom stereocenters. The van der Waals surface area contributed by atoms with Crippen LogP contribution in [-0.4, -0.2) is 66.1 Å². The first-order chi connectivity index (χ1) is 20.3. The molecule has 8 nitrogen and oxygen atoms in total. The van der Waals surface area contributed by atoms with Crippen molar-refractivity contribution in [3.05, 3.63) is 72.6 Å². The fourth-order valence-corrected chi connectivity index (χ4v) is 6.28. The molecule has 0 unspecified atom stereocenters. The van der Waals surface area contributed by atoms with Gasteiger partial charge in [0.25, 0.3) is 0 Å². The first kappa shape index (κ1) is 28.2. The topological polar surface area (TPSA) is 74.7 Å². The normalized spacial score (nSPS) is 17.0. The van der Waals surface area contributed by atoms with Gasteiger partial charge in [-0.1, -0.05) is 57.2 Å². The van der Waals surface area contributed by atoms with Crippen LogP contribution < -0.4 is 15.5 Å². The van der Waals surface area contributed by atoms with Gasteiger partial charge in [-0.05, 0) is 42.0 Å². The minimum atomic E-state index is -0.268. The van der Waals surface area contributed by atoms with Crippen LogP contribution in [-0.2, 0) is 17.2 Å². The van der Waals surface area contributed by atoms with Crippen molar-refractivity contribution in [2.75, 3.05) is 54.9 Å². The number of aromatic nitrogens is 2. The fraction of sp³-hybridized carbons (Fsp3) is 0.412. The summed E-state index contributed by atoms with van der Waals surface area (Å²) < 4.78 is 7.33. The number of ether oxygens (including phenoxy) is 1. The predicted octanol–water partition coefficient (Wildman–Crippen LogP) is 6.48. The van der Waals surface area contributed by atoms with Crippen LogP contribution in [0.4, 0.5) is 21.9 Å². The van der Waals surface area contributed by atoms with Gasteiger partial charge in [-0.15, -0.1) is 0 Å². The van der Waals surface area contributed by atoms with Gasteiger partial charge in [-0.2, -0.15) is 5.10 Å². The lowest BCUT2D eigenvalue weighted by Gasteiger charge is -2.41. The van der Waals surface area contributed by atoms with Gasteiger partial charge >= 0.3 is 6.03 Å². The number of nitrogens with zero attached hydrogens (tertiary/aromatic N) is 4. The Morgan fingerprint density at radius 2 is 1.62 bits per heavy atom. The number of nitrogens with one attached hydrogen (secondary N) is 2. The number of morpholine rings is 1. The summed E-state index contributed by atoms with van der Waals surface area (Å²) in [6.45, 7) is 12.4. The van der Waals surface area contributed by atoms with Gasteiger partial charge in [-0.3, -0.25) is 9.58 Å². The number of anilines is 3. The number of hydrogen-bond donors (Lipinski definition) is 2. The van der Waals surface area contributed by atoms with Crippen molar-refractivity contribution >= 4 is 33.9 Å². The molecule has 6 rings (SSSR count). The second-order valence-electron chi connectivity index (χ2n) is 12.5. The lowest BCUT2D eigenvalue weighted by atomic mass is 9.85. The molecule has 220 valence electrons. The monoisotopic (exact) mass is 566 g/mol. The van der Waals surface area contributed by atoms with E-state index in [1.54, 1.807) is 4.68 Å². The van der Waals surface area contributed by atoms with Gasteiger partial charge in [-0.25, -0.2) is 4.79 Å². The van der Waals surface area contributed by atoms with Crippen molar-refractivity contribution in [3.8, 4) is 11.1 Å². The lowest BCUT2D eigenvalue weighted by molar-refractivity contribution is 0.0115. The summed E-state index contributed by atoms with van der Waals surface area (Å²) in [5.74, 6) is 0. The second kappa shape index (κ2) is 11.8. The van der Waals surface area contributed by atoms with Crippen LogP contribution in [0.2, 0.25) is 0 Å². The van der Waals surface area contributed by atoms with Crippen molar-refractivity contribution in [3.63, 3.8) is 0 Å². The van der Waals surface area contributed by atoms with Crippen LogP contribution in [0.3, 0.4) is 0 Å². The molecule has 3 aromatic carbocycles. The number of amides is 2. The Morgan fingerprint density at radius 3 is 2.31 bits per heavy atom. The van der Waals surface area contributed by atoms with E-state index in [9.17, 15) is 4.79 Å². The van der Waals surface area contributed by atoms with Crippen LogP contribution in [0.25, 0.3) is 21.9 Å². The van der Waals surface area contributed by atoms with Gasteiger partial charge in [0.2, 0.25) is 0 Å². The molecule has 4 aromatic rings. The van der Waals surface area contributed by atoms with Crippen LogP contribution >= 0.6 is 0 Å². The molecule has 2 fully saturated rings. The number of carbonyl (C=O) groups is 1. The standard InChI is InChI=1S/C34H42N6O2/c1-34(2,3)25-9-10-27(24-22-35-38(4)23-24)31(21-25)37-33(41)36-30-11-12-32(29-8-6-5-7-28(29)30)40-15-13-26(14-16-40)39-17-19-42-20-18-39/h5-12,21-23,26H,13-20H2,1-4H3,(H2,36,37,41). The molecule has 2 aliphatic rings. The van der Waals surface area contributed by atoms with Gasteiger partial charge < -0.3 is 20.3 Å². The molecule has 0 bridgehead atoms. The van der Waals surface area contributed by atoms with Crippen LogP contribution in [0.5, 0.6) is 0 Å². The number of fused-ring (bicyclic) bond motifs is 1. The number of carbonyl (C=O) groups excluding carboxylic acids is 1. The van der Waals surface area contributed by atoms with E-state index in [0.29, 0.717) is 6.04 Å². The van der Waals surface area contributed by atoms with Gasteiger partial charge in [0.05, 0.1) is 30.8 Å². The molecule has 0 spiro atoms. The first-order valence-corrected chi connectivity index (χ1v) is 15.1. The zero-order valence-electron chi connectivity index (χ0n) is 25.2. The van der Waals surface area contributed by atoms with Crippen LogP contribution in [0.1, 0.15) is 39.2 Å². The van der Waals surface area contributed by atoms with E-state index in [-0.39, 0.29) is 11.4 Å². The van der Waals surface area contributed by atoms with Crippen molar-refractivity contribution < 1.29 is 9.53 Å². The van der Waals surface area contributed by atoms with E-state index in [1.807, 2.05) is 31.6 Å². The van der Waals surface area contributed by atoms with Crippen LogP contribution in [0.15, 0.2) is 67.0 Å². The molecule has 2 amide bonds. The number of aryl methyl sites for hydroxylation is 1. The number of hydrogen-bond acceptors (Lipinski definition) is 5. The Bertz CT molecular complexity index is 1560. The Kier molecular flexibility index (Phi) is 7.92. The maximum atomic E-state index is 13.5. The molecule has 2 aliphatic heterocycles. The third-order valence-corrected chi connectivity index (χ3v) is 8.67. The first-order valence-electron chi connectivity index (χ1n) is 15.1. The molecule has 0 radical (unpaired) electrons. The Labute approximate surface area is 248 Å². The number of piperidine rings is 1. The second-order valence-corrected chi connectivity index (χ2v) is 12.5. The number of rotatable bonds is 5. The summed E-state index contributed by atoms with van der Waals surface area (Å²) in [7, 11) is 1.90. The number of urea groups is 1. The summed E-state index contributed by atoms with van der Waals surface area (Å²) in [5.41, 5.74) is 5.78. The third-order valence-electron chi connectivity index (χ3n) is 8.67. The molecule has 1 aromatic heterocycles. The van der Waals surface area contributed by atoms with Crippen molar-refractivity contribution in [1.82, 2.24) is 14.7 Å². The van der Waals surface area contributed by atoms with E-state index >= 15 is 0 Å². The van der Waals surface area contributed by atoms with E-state index in [2.05, 4.69) is 88.8 Å². The van der Waals surface area contributed by atoms with Gasteiger partial charge in [0.15, 0.2) is 0 Å². The molecule has 8 heteroatoms. The highest BCUT2D eigenvalue weighted by molar-refractivity contribution is 6.10. The molecule has 42 heavy (non-hydrogen) atoms. The minimum absolute atomic E-state index is 0.0525. The minimum Gasteiger partial charge on any atom is -0.379 e. The number of benzene rings is 3. The average molecular weight is 567 g/mol. The quantitative estimate of drug-likeness (QED) is 0.289. The summed E-state index contributed by atoms with van der Waals surface area (Å²) in [4.78, 5) is 18.6. The highest BCUT2D eigenvalue weighted by atomic mass is 16.5. The smallest absolute Gasteiger partial charge is 0.323 e. The zero-order chi connectivity index (χ0) is 29.3. The Morgan fingerprint density at radius 1 is 0.905 bits per heavy atom. The maximum Gasteiger partial charge on any atom is 0.323 e. The van der Waals surface area contributed by atoms with E-state index in [4.69, 9.17) is 4.74 Å². The van der Waals surface area contributed by atoms with E-state index in [1.165, 1.54) is 5.69 Å². The summed E-state index contributed by atoms with van der Waals surface area (Å²) >= 11 is 0. The molecule has 0 aliphatic carbocycles. The summed E-state index contributed by atoms with van der Waals surface area (Å²) in [5, 5.41) is 12.8. The molecule has 2 saturated heterocycles. The van der Waals surface area contributed by atoms with Crippen molar-refractivity contribution in [1.29, 1.82) is 0 Å². The fourth-order valence-electron chi connectivity index (χ4n) is 6.28. The molecular formula is C34H42N6O2. The molecular weight excluding hydrogens is 524 g/mol. The average Bonchev–Trinajstić information content (AvgIpc) is 3.43. The highest BCUT2D eigenvalue weighted by Crippen LogP contribution is 2.36. The predicted molar refractivity (Wildman–Crippen MR) is 172 cm³/mol. The highest BCUT2D eigenvalue weighted by Gasteiger charge is 2.27. The van der Waals surface area contributed by atoms with Crippen molar-refractivity contribution in [2.45, 2.75) is 45.1 Å². The maximum absolute atomic E-state index is 13.5. The third kappa shape index (κ3) is 6.01. The van der Waals surface area contributed by atoms with E-state index in [0.717, 1.165) is 91.1 Å². The van der Waals surface area contributed by atoms with Gasteiger partial charge in [0.1, 0.15) is 0 Å². The SMILES string of the molecule is Cn1cc(-c2ccc(C(C)(C)C)cc2NC(=O)Nc2ccc(N3CCC(N4CCOCC4)CC3)c3ccccc23)cn1. The van der Waals surface area contributed by atoms with E-state index < -0.39 is 0 Å². The Balaban J connectivity index is 1.22. The lowest BCUT2D eigenvalue weighted by Crippen LogP contribution is -2.49. The largest absolute Gasteiger partial charge is 0.379 e.